The number of ketones is 1. The third-order valence-electron chi connectivity index (χ3n) is 4.01. The number of Topliss-reactive ketones (excluding diaryl/α,β-unsaturated/α-hetero) is 1. The van der Waals surface area contributed by atoms with Crippen LogP contribution < -0.4 is 5.14 Å². The minimum atomic E-state index is -3.69. The number of primary sulfonamides is 1. The van der Waals surface area contributed by atoms with Crippen LogP contribution in [0.15, 0.2) is 29.2 Å². The summed E-state index contributed by atoms with van der Waals surface area (Å²) in [5.41, 5.74) is 0.563. The fourth-order valence-corrected chi connectivity index (χ4v) is 3.30. The lowest BCUT2D eigenvalue weighted by Gasteiger charge is -2.20. The van der Waals surface area contributed by atoms with Crippen molar-refractivity contribution in [1.82, 2.24) is 0 Å². The normalized spacial score (nSPS) is 17.1. The summed E-state index contributed by atoms with van der Waals surface area (Å²) in [6, 6.07) is 5.87. The molecule has 0 aliphatic heterocycles. The Hall–Kier alpha value is -1.20. The van der Waals surface area contributed by atoms with Crippen molar-refractivity contribution in [3.63, 3.8) is 0 Å². The van der Waals surface area contributed by atoms with Crippen LogP contribution in [0.3, 0.4) is 0 Å². The summed E-state index contributed by atoms with van der Waals surface area (Å²) < 4.78 is 22.3. The molecule has 1 aliphatic rings. The molecule has 4 nitrogen and oxygen atoms in total. The lowest BCUT2D eigenvalue weighted by atomic mass is 9.85. The van der Waals surface area contributed by atoms with Crippen LogP contribution in [-0.4, -0.2) is 14.2 Å². The topological polar surface area (TPSA) is 77.2 Å². The summed E-state index contributed by atoms with van der Waals surface area (Å²) >= 11 is 0. The molecule has 0 heterocycles. The number of rotatable bonds is 5. The van der Waals surface area contributed by atoms with Crippen molar-refractivity contribution in [2.45, 2.75) is 49.8 Å². The van der Waals surface area contributed by atoms with E-state index in [1.165, 1.54) is 44.2 Å². The van der Waals surface area contributed by atoms with Gasteiger partial charge in [0.25, 0.3) is 0 Å². The molecule has 1 saturated carbocycles. The molecule has 0 atom stereocenters. The van der Waals surface area contributed by atoms with Gasteiger partial charge in [-0.2, -0.15) is 0 Å². The fourth-order valence-electron chi connectivity index (χ4n) is 2.79. The van der Waals surface area contributed by atoms with Crippen LogP contribution in [0.1, 0.15) is 55.3 Å². The van der Waals surface area contributed by atoms with Gasteiger partial charge in [-0.15, -0.1) is 0 Å². The molecule has 1 aromatic rings. The van der Waals surface area contributed by atoms with Crippen LogP contribution in [0.25, 0.3) is 0 Å². The largest absolute Gasteiger partial charge is 0.294 e. The molecule has 0 bridgehead atoms. The first-order valence-electron chi connectivity index (χ1n) is 7.13. The third kappa shape index (κ3) is 4.15. The lowest BCUT2D eigenvalue weighted by molar-refractivity contribution is 0.0970. The minimum absolute atomic E-state index is 0.0429. The fraction of sp³-hybridized carbons (Fsp3) is 0.533. The van der Waals surface area contributed by atoms with E-state index in [9.17, 15) is 13.2 Å². The Morgan fingerprint density at radius 1 is 1.10 bits per heavy atom. The van der Waals surface area contributed by atoms with Gasteiger partial charge in [-0.05, 0) is 24.5 Å². The van der Waals surface area contributed by atoms with Crippen molar-refractivity contribution >= 4 is 15.8 Å². The predicted molar refractivity (Wildman–Crippen MR) is 78.0 cm³/mol. The maximum absolute atomic E-state index is 12.1. The molecule has 1 aromatic carbocycles. The highest BCUT2D eigenvalue weighted by Gasteiger charge is 2.16. The van der Waals surface area contributed by atoms with Crippen LogP contribution in [0, 0.1) is 5.92 Å². The molecule has 0 unspecified atom stereocenters. The van der Waals surface area contributed by atoms with Gasteiger partial charge >= 0.3 is 0 Å². The van der Waals surface area contributed by atoms with Crippen LogP contribution in [0.4, 0.5) is 0 Å². The van der Waals surface area contributed by atoms with Crippen molar-refractivity contribution in [3.8, 4) is 0 Å². The van der Waals surface area contributed by atoms with E-state index in [-0.39, 0.29) is 10.7 Å². The van der Waals surface area contributed by atoms with E-state index >= 15 is 0 Å². The van der Waals surface area contributed by atoms with Crippen molar-refractivity contribution in [2.75, 3.05) is 0 Å². The van der Waals surface area contributed by atoms with Gasteiger partial charge in [0.15, 0.2) is 5.78 Å². The van der Waals surface area contributed by atoms with Crippen molar-refractivity contribution in [3.05, 3.63) is 29.8 Å². The van der Waals surface area contributed by atoms with Crippen LogP contribution in [-0.2, 0) is 10.0 Å². The van der Waals surface area contributed by atoms with E-state index in [4.69, 9.17) is 5.14 Å². The zero-order valence-electron chi connectivity index (χ0n) is 11.5. The molecule has 1 fully saturated rings. The van der Waals surface area contributed by atoms with Crippen LogP contribution >= 0.6 is 0 Å². The first kappa shape index (κ1) is 15.2. The zero-order chi connectivity index (χ0) is 14.6. The third-order valence-corrected chi connectivity index (χ3v) is 4.94. The van der Waals surface area contributed by atoms with Gasteiger partial charge in [-0.3, -0.25) is 4.79 Å². The van der Waals surface area contributed by atoms with Gasteiger partial charge in [-0.25, -0.2) is 13.6 Å². The molecule has 0 radical (unpaired) electrons. The van der Waals surface area contributed by atoms with E-state index in [0.717, 1.165) is 6.42 Å². The highest BCUT2D eigenvalue weighted by atomic mass is 32.2. The molecule has 0 saturated heterocycles. The number of hydrogen-bond donors (Lipinski definition) is 1. The van der Waals surface area contributed by atoms with E-state index in [0.29, 0.717) is 17.9 Å². The Bertz CT molecular complexity index is 557. The highest BCUT2D eigenvalue weighted by molar-refractivity contribution is 7.89. The summed E-state index contributed by atoms with van der Waals surface area (Å²) in [5, 5.41) is 5.03. The number of hydrogen-bond acceptors (Lipinski definition) is 3. The summed E-state index contributed by atoms with van der Waals surface area (Å²) in [6.07, 6.45) is 7.83. The number of benzene rings is 1. The molecular weight excluding hydrogens is 274 g/mol. The number of nitrogens with two attached hydrogens (primary N) is 1. The maximum Gasteiger partial charge on any atom is 0.238 e. The highest BCUT2D eigenvalue weighted by Crippen LogP contribution is 2.27. The summed E-state index contributed by atoms with van der Waals surface area (Å²) in [4.78, 5) is 12.1. The van der Waals surface area contributed by atoms with Crippen molar-refractivity contribution < 1.29 is 13.2 Å². The van der Waals surface area contributed by atoms with Gasteiger partial charge in [0, 0.05) is 12.0 Å². The van der Waals surface area contributed by atoms with Crippen LogP contribution in [0.2, 0.25) is 0 Å². The second-order valence-corrected chi connectivity index (χ2v) is 7.10. The predicted octanol–water partition coefficient (Wildman–Crippen LogP) is 2.88. The SMILES string of the molecule is NS(=O)(=O)c1ccc(C(=O)CCC2CCCCC2)cc1. The van der Waals surface area contributed by atoms with Crippen LogP contribution in [0.5, 0.6) is 0 Å². The number of sulfonamides is 1. The summed E-state index contributed by atoms with van der Waals surface area (Å²) in [5.74, 6) is 0.757. The molecule has 0 aromatic heterocycles. The minimum Gasteiger partial charge on any atom is -0.294 e. The Morgan fingerprint density at radius 2 is 1.70 bits per heavy atom. The molecule has 0 amide bonds. The average molecular weight is 295 g/mol. The quantitative estimate of drug-likeness (QED) is 0.848. The first-order chi connectivity index (χ1) is 9.47. The average Bonchev–Trinajstić information content (AvgIpc) is 2.45. The number of carbonyl (C=O) groups excluding carboxylic acids is 1. The Balaban J connectivity index is 1.92. The van der Waals surface area contributed by atoms with E-state index < -0.39 is 10.0 Å². The molecule has 1 aliphatic carbocycles. The Kier molecular flexibility index (Phi) is 4.94. The smallest absolute Gasteiger partial charge is 0.238 e. The second-order valence-electron chi connectivity index (χ2n) is 5.54. The first-order valence-corrected chi connectivity index (χ1v) is 8.67. The monoisotopic (exact) mass is 295 g/mol. The Labute approximate surface area is 120 Å². The second kappa shape index (κ2) is 6.50. The standard InChI is InChI=1S/C15H21NO3S/c16-20(18,19)14-9-7-13(8-10-14)15(17)11-6-12-4-2-1-3-5-12/h7-10,12H,1-6,11H2,(H2,16,18,19). The van der Waals surface area contributed by atoms with E-state index in [1.54, 1.807) is 12.1 Å². The Morgan fingerprint density at radius 3 is 2.25 bits per heavy atom. The van der Waals surface area contributed by atoms with Crippen molar-refractivity contribution in [2.24, 2.45) is 11.1 Å². The molecular formula is C15H21NO3S. The van der Waals surface area contributed by atoms with Gasteiger partial charge in [0.2, 0.25) is 10.0 Å². The van der Waals surface area contributed by atoms with Gasteiger partial charge < -0.3 is 0 Å². The van der Waals surface area contributed by atoms with Gasteiger partial charge in [0.05, 0.1) is 4.90 Å². The number of carbonyl (C=O) groups is 1. The lowest BCUT2D eigenvalue weighted by Crippen LogP contribution is -2.12. The molecule has 0 spiro atoms. The summed E-state index contributed by atoms with van der Waals surface area (Å²) in [7, 11) is -3.69. The molecule has 110 valence electrons. The molecule has 20 heavy (non-hydrogen) atoms. The maximum atomic E-state index is 12.1. The van der Waals surface area contributed by atoms with Crippen molar-refractivity contribution in [1.29, 1.82) is 0 Å². The van der Waals surface area contributed by atoms with E-state index in [1.807, 2.05) is 0 Å². The van der Waals surface area contributed by atoms with Gasteiger partial charge in [-0.1, -0.05) is 44.2 Å². The molecule has 2 N–H and O–H groups in total. The van der Waals surface area contributed by atoms with Gasteiger partial charge in [0.1, 0.15) is 0 Å². The molecule has 5 heteroatoms. The zero-order valence-corrected chi connectivity index (χ0v) is 12.4. The van der Waals surface area contributed by atoms with E-state index in [2.05, 4.69) is 0 Å². The molecule has 2 rings (SSSR count). The summed E-state index contributed by atoms with van der Waals surface area (Å²) in [6.45, 7) is 0.